The lowest BCUT2D eigenvalue weighted by Crippen LogP contribution is -2.43. The largest absolute Gasteiger partial charge is 0.419 e. The van der Waals surface area contributed by atoms with Crippen LogP contribution in [-0.4, -0.2) is 28.9 Å². The number of dihydropyridines is 1. The van der Waals surface area contributed by atoms with E-state index >= 15 is 0 Å². The zero-order chi connectivity index (χ0) is 22.0. The molecule has 3 heterocycles. The zero-order valence-electron chi connectivity index (χ0n) is 15.8. The number of carbonyl (C=O) groups is 2. The highest BCUT2D eigenvalue weighted by Crippen LogP contribution is 2.25. The fraction of sp³-hybridized carbons (Fsp3) is 0.263. The molecule has 0 aromatic carbocycles. The first-order valence-electron chi connectivity index (χ1n) is 8.24. The molecule has 1 aromatic heterocycles. The standard InChI is InChI=1S/C11H10BrNO4.C7H8BrN.CO2/c1-11(2)16-9(14)8(10(15)17-11)7-4-3-6(12)5-13-7;1-2-7-4-3-6(8)5-9-7;2-1-3/h3-5,13H,1-2H3;3-5H,2H2,1H3;. The van der Waals surface area contributed by atoms with Gasteiger partial charge in [-0.2, -0.15) is 9.59 Å². The molecule has 1 aromatic rings. The molecular weight excluding hydrogens is 512 g/mol. The number of esters is 2. The molecule has 8 nitrogen and oxygen atoms in total. The van der Waals surface area contributed by atoms with Crippen LogP contribution in [0, 0.1) is 0 Å². The summed E-state index contributed by atoms with van der Waals surface area (Å²) in [6, 6.07) is 4.02. The van der Waals surface area contributed by atoms with Crippen molar-refractivity contribution in [3.63, 3.8) is 0 Å². The van der Waals surface area contributed by atoms with Gasteiger partial charge in [-0.1, -0.05) is 6.92 Å². The van der Waals surface area contributed by atoms with E-state index in [0.29, 0.717) is 5.70 Å². The number of hydrogen-bond donors (Lipinski definition) is 1. The van der Waals surface area contributed by atoms with E-state index in [0.717, 1.165) is 21.1 Å². The Labute approximate surface area is 184 Å². The van der Waals surface area contributed by atoms with Gasteiger partial charge >= 0.3 is 18.1 Å². The maximum atomic E-state index is 11.7. The second kappa shape index (κ2) is 11.5. The van der Waals surface area contributed by atoms with Crippen LogP contribution in [0.1, 0.15) is 26.5 Å². The molecule has 1 fully saturated rings. The van der Waals surface area contributed by atoms with Gasteiger partial charge in [-0.25, -0.2) is 9.59 Å². The van der Waals surface area contributed by atoms with Crippen LogP contribution >= 0.6 is 31.9 Å². The van der Waals surface area contributed by atoms with Crippen molar-refractivity contribution in [2.24, 2.45) is 0 Å². The lowest BCUT2D eigenvalue weighted by Gasteiger charge is -2.30. The summed E-state index contributed by atoms with van der Waals surface area (Å²) >= 11 is 6.56. The van der Waals surface area contributed by atoms with Crippen molar-refractivity contribution in [1.82, 2.24) is 10.3 Å². The summed E-state index contributed by atoms with van der Waals surface area (Å²) in [7, 11) is 0. The average molecular weight is 530 g/mol. The summed E-state index contributed by atoms with van der Waals surface area (Å²) < 4.78 is 11.8. The molecular formula is C19H18Br2N2O6. The lowest BCUT2D eigenvalue weighted by atomic mass is 10.1. The van der Waals surface area contributed by atoms with E-state index in [1.807, 2.05) is 18.3 Å². The number of rotatable bonds is 1. The van der Waals surface area contributed by atoms with E-state index in [9.17, 15) is 9.59 Å². The minimum atomic E-state index is -1.22. The number of nitrogens with zero attached hydrogens (tertiary/aromatic N) is 1. The Hall–Kier alpha value is -2.55. The average Bonchev–Trinajstić information content (AvgIpc) is 2.64. The maximum absolute atomic E-state index is 11.7. The quantitative estimate of drug-likeness (QED) is 0.335. The molecule has 2 aliphatic rings. The highest BCUT2D eigenvalue weighted by molar-refractivity contribution is 9.12. The second-order valence-corrected chi connectivity index (χ2v) is 7.71. The zero-order valence-corrected chi connectivity index (χ0v) is 19.0. The second-order valence-electron chi connectivity index (χ2n) is 5.88. The normalized spacial score (nSPS) is 16.5. The van der Waals surface area contributed by atoms with Crippen molar-refractivity contribution in [3.05, 3.63) is 62.6 Å². The molecule has 0 saturated carbocycles. The van der Waals surface area contributed by atoms with Gasteiger partial charge in [0.2, 0.25) is 0 Å². The van der Waals surface area contributed by atoms with Crippen LogP contribution < -0.4 is 5.32 Å². The van der Waals surface area contributed by atoms with E-state index in [2.05, 4.69) is 49.1 Å². The van der Waals surface area contributed by atoms with Crippen molar-refractivity contribution in [3.8, 4) is 0 Å². The van der Waals surface area contributed by atoms with E-state index in [1.165, 1.54) is 13.8 Å². The fourth-order valence-electron chi connectivity index (χ4n) is 2.05. The molecule has 0 aliphatic carbocycles. The number of ether oxygens (including phenoxy) is 2. The summed E-state index contributed by atoms with van der Waals surface area (Å²) in [5.41, 5.74) is 1.37. The van der Waals surface area contributed by atoms with Crippen molar-refractivity contribution in [1.29, 1.82) is 0 Å². The molecule has 0 unspecified atom stereocenters. The van der Waals surface area contributed by atoms with E-state index in [-0.39, 0.29) is 11.7 Å². The fourth-order valence-corrected chi connectivity index (χ4v) is 2.53. The smallest absolute Gasteiger partial charge is 0.373 e. The number of allylic oxidation sites excluding steroid dienone is 3. The molecule has 0 amide bonds. The molecule has 0 spiro atoms. The molecule has 154 valence electrons. The molecule has 0 radical (unpaired) electrons. The van der Waals surface area contributed by atoms with Crippen LogP contribution in [0.4, 0.5) is 0 Å². The van der Waals surface area contributed by atoms with Gasteiger partial charge in [-0.05, 0) is 62.6 Å². The molecule has 1 N–H and O–H groups in total. The highest BCUT2D eigenvalue weighted by atomic mass is 79.9. The number of aryl methyl sites for hydroxylation is 1. The third-order valence-corrected chi connectivity index (χ3v) is 4.24. The number of carbonyl (C=O) groups excluding carboxylic acids is 4. The first kappa shape index (κ1) is 24.5. The Bertz CT molecular complexity index is 860. The Kier molecular flexibility index (Phi) is 9.67. The molecule has 3 rings (SSSR count). The summed E-state index contributed by atoms with van der Waals surface area (Å²) in [6.45, 7) is 5.10. The van der Waals surface area contributed by atoms with Crippen molar-refractivity contribution in [2.75, 3.05) is 0 Å². The Morgan fingerprint density at radius 3 is 2.10 bits per heavy atom. The van der Waals surface area contributed by atoms with Crippen LogP contribution in [0.5, 0.6) is 0 Å². The highest BCUT2D eigenvalue weighted by Gasteiger charge is 2.40. The number of pyridine rings is 1. The van der Waals surface area contributed by atoms with Crippen LogP contribution in [0.25, 0.3) is 0 Å². The van der Waals surface area contributed by atoms with Gasteiger partial charge in [0.1, 0.15) is 0 Å². The predicted octanol–water partition coefficient (Wildman–Crippen LogP) is 3.30. The van der Waals surface area contributed by atoms with Gasteiger partial charge in [-0.3, -0.25) is 4.98 Å². The van der Waals surface area contributed by atoms with Crippen LogP contribution in [0.2, 0.25) is 0 Å². The molecule has 29 heavy (non-hydrogen) atoms. The van der Waals surface area contributed by atoms with Gasteiger partial charge in [0.05, 0.1) is 5.70 Å². The van der Waals surface area contributed by atoms with Gasteiger partial charge in [-0.15, -0.1) is 0 Å². The molecule has 0 bridgehead atoms. The van der Waals surface area contributed by atoms with Crippen molar-refractivity contribution in [2.45, 2.75) is 33.0 Å². The van der Waals surface area contributed by atoms with Crippen LogP contribution in [-0.2, 0) is 35.1 Å². The summed E-state index contributed by atoms with van der Waals surface area (Å²) in [5.74, 6) is -2.60. The minimum Gasteiger partial charge on any atom is -0.419 e. The molecule has 0 atom stereocenters. The third kappa shape index (κ3) is 8.15. The number of nitrogens with one attached hydrogen (secondary N) is 1. The van der Waals surface area contributed by atoms with Crippen LogP contribution in [0.3, 0.4) is 0 Å². The number of cyclic esters (lactones) is 2. The monoisotopic (exact) mass is 528 g/mol. The van der Waals surface area contributed by atoms with Crippen LogP contribution in [0.15, 0.2) is 56.9 Å². The van der Waals surface area contributed by atoms with Crippen molar-refractivity contribution >= 4 is 49.9 Å². The first-order chi connectivity index (χ1) is 13.6. The number of aromatic nitrogens is 1. The maximum Gasteiger partial charge on any atom is 0.373 e. The van der Waals surface area contributed by atoms with Crippen molar-refractivity contribution < 1.29 is 28.7 Å². The van der Waals surface area contributed by atoms with E-state index < -0.39 is 17.7 Å². The Morgan fingerprint density at radius 2 is 1.69 bits per heavy atom. The topological polar surface area (TPSA) is 112 Å². The van der Waals surface area contributed by atoms with E-state index in [4.69, 9.17) is 19.1 Å². The van der Waals surface area contributed by atoms with Gasteiger partial charge < -0.3 is 14.8 Å². The summed E-state index contributed by atoms with van der Waals surface area (Å²) in [5, 5.41) is 2.81. The Morgan fingerprint density at radius 1 is 1.10 bits per heavy atom. The summed E-state index contributed by atoms with van der Waals surface area (Å²) in [6.07, 6.45) is 7.99. The lowest BCUT2D eigenvalue weighted by molar-refractivity contribution is -0.222. The van der Waals surface area contributed by atoms with Gasteiger partial charge in [0.25, 0.3) is 5.79 Å². The van der Waals surface area contributed by atoms with Gasteiger partial charge in [0, 0.05) is 40.9 Å². The van der Waals surface area contributed by atoms with Gasteiger partial charge in [0.15, 0.2) is 5.57 Å². The number of hydrogen-bond acceptors (Lipinski definition) is 8. The predicted molar refractivity (Wildman–Crippen MR) is 109 cm³/mol. The number of halogens is 2. The molecule has 10 heteroatoms. The third-order valence-electron chi connectivity index (χ3n) is 3.28. The molecule has 1 saturated heterocycles. The SMILES string of the molecule is CC1(C)OC(=O)C(=C2C=CC(Br)=CN2)C(=O)O1.CCc1ccc(Br)cn1.O=C=O. The van der Waals surface area contributed by atoms with E-state index in [1.54, 1.807) is 18.4 Å². The Balaban J connectivity index is 0.000000294. The first-order valence-corrected chi connectivity index (χ1v) is 9.83. The molecule has 2 aliphatic heterocycles. The minimum absolute atomic E-state index is 0.128. The summed E-state index contributed by atoms with van der Waals surface area (Å²) in [4.78, 5) is 43.8.